The molecular weight excluding hydrogens is 312 g/mol. The lowest BCUT2D eigenvalue weighted by Crippen LogP contribution is -2.21. The van der Waals surface area contributed by atoms with Crippen molar-refractivity contribution in [3.05, 3.63) is 23.3 Å². The summed E-state index contributed by atoms with van der Waals surface area (Å²) in [5, 5.41) is 3.52. The second-order valence-corrected chi connectivity index (χ2v) is 6.45. The van der Waals surface area contributed by atoms with Gasteiger partial charge in [0.1, 0.15) is 0 Å². The lowest BCUT2D eigenvalue weighted by Gasteiger charge is -2.04. The molecule has 0 aliphatic heterocycles. The van der Waals surface area contributed by atoms with Crippen molar-refractivity contribution in [2.24, 2.45) is 0 Å². The van der Waals surface area contributed by atoms with Crippen LogP contribution in [0.15, 0.2) is 12.1 Å². The fourth-order valence-corrected chi connectivity index (χ4v) is 2.95. The minimum atomic E-state index is -0.160. The zero-order valence-electron chi connectivity index (χ0n) is 10.6. The Balaban J connectivity index is 2.31. The fourth-order valence-electron chi connectivity index (χ4n) is 1.79. The van der Waals surface area contributed by atoms with Crippen LogP contribution in [0.2, 0.25) is 0 Å². The van der Waals surface area contributed by atoms with Gasteiger partial charge in [-0.25, -0.2) is 4.98 Å². The van der Waals surface area contributed by atoms with Crippen LogP contribution in [0.1, 0.15) is 24.5 Å². The number of hydrogen-bond acceptors (Lipinski definition) is 3. The first-order chi connectivity index (χ1) is 8.51. The number of fused-ring (bicyclic) bond motifs is 1. The maximum atomic E-state index is 11.8. The average molecular weight is 327 g/mol. The van der Waals surface area contributed by atoms with Crippen LogP contribution in [0.4, 0.5) is 5.13 Å². The number of benzene rings is 1. The molecule has 3 nitrogen and oxygen atoms in total. The molecule has 0 aliphatic rings. The summed E-state index contributed by atoms with van der Waals surface area (Å²) in [5.74, 6) is -0.0362. The van der Waals surface area contributed by atoms with Gasteiger partial charge in [-0.2, -0.15) is 0 Å². The van der Waals surface area contributed by atoms with E-state index in [9.17, 15) is 4.79 Å². The van der Waals surface area contributed by atoms with Gasteiger partial charge in [-0.3, -0.25) is 4.79 Å². The zero-order chi connectivity index (χ0) is 13.3. The summed E-state index contributed by atoms with van der Waals surface area (Å²) < 4.78 is 1.12. The summed E-state index contributed by atoms with van der Waals surface area (Å²) in [6, 6.07) is 4.20. The molecular formula is C13H15BrN2OS. The Hall–Kier alpha value is -0.940. The van der Waals surface area contributed by atoms with E-state index in [1.54, 1.807) is 0 Å². The standard InChI is InChI=1S/C13H15BrN2OS/c1-4-9(14)12(17)16-13-15-11-8(3)5-7(2)6-10(11)18-13/h5-6,9H,4H2,1-3H3,(H,15,16,17)/t9-/m0/s1. The van der Waals surface area contributed by atoms with Gasteiger partial charge in [0.25, 0.3) is 0 Å². The average Bonchev–Trinajstić information content (AvgIpc) is 2.70. The van der Waals surface area contributed by atoms with E-state index < -0.39 is 0 Å². The molecule has 1 N–H and O–H groups in total. The van der Waals surface area contributed by atoms with Crippen LogP contribution in [0.3, 0.4) is 0 Å². The number of anilines is 1. The van der Waals surface area contributed by atoms with E-state index in [-0.39, 0.29) is 10.7 Å². The molecule has 2 rings (SSSR count). The van der Waals surface area contributed by atoms with Gasteiger partial charge in [-0.1, -0.05) is 40.3 Å². The molecule has 0 spiro atoms. The summed E-state index contributed by atoms with van der Waals surface area (Å²) in [6.07, 6.45) is 0.759. The molecule has 1 aromatic heterocycles. The lowest BCUT2D eigenvalue weighted by molar-refractivity contribution is -0.115. The molecule has 0 saturated carbocycles. The minimum absolute atomic E-state index is 0.0362. The molecule has 0 bridgehead atoms. The molecule has 0 radical (unpaired) electrons. The summed E-state index contributed by atoms with van der Waals surface area (Å²) in [5.41, 5.74) is 3.34. The molecule has 0 saturated heterocycles. The van der Waals surface area contributed by atoms with Gasteiger partial charge in [0.05, 0.1) is 15.0 Å². The van der Waals surface area contributed by atoms with E-state index in [1.165, 1.54) is 16.9 Å². The van der Waals surface area contributed by atoms with E-state index in [2.05, 4.69) is 45.3 Å². The predicted octanol–water partition coefficient (Wildman–Crippen LogP) is 4.03. The molecule has 1 aromatic carbocycles. The summed E-state index contributed by atoms with van der Waals surface area (Å²) in [4.78, 5) is 16.1. The van der Waals surface area contributed by atoms with Crippen molar-refractivity contribution in [2.75, 3.05) is 5.32 Å². The third-order valence-electron chi connectivity index (χ3n) is 2.70. The molecule has 0 fully saturated rings. The van der Waals surface area contributed by atoms with Gasteiger partial charge >= 0.3 is 0 Å². The summed E-state index contributed by atoms with van der Waals surface area (Å²) in [6.45, 7) is 6.07. The van der Waals surface area contributed by atoms with Crippen LogP contribution in [-0.4, -0.2) is 15.7 Å². The monoisotopic (exact) mass is 326 g/mol. The molecule has 1 heterocycles. The zero-order valence-corrected chi connectivity index (χ0v) is 13.0. The fraction of sp³-hybridized carbons (Fsp3) is 0.385. The van der Waals surface area contributed by atoms with Gasteiger partial charge in [0, 0.05) is 0 Å². The first-order valence-corrected chi connectivity index (χ1v) is 7.57. The van der Waals surface area contributed by atoms with Crippen molar-refractivity contribution in [3.8, 4) is 0 Å². The second-order valence-electron chi connectivity index (χ2n) is 4.31. The normalized spacial score (nSPS) is 12.7. The Morgan fingerprint density at radius 1 is 1.50 bits per heavy atom. The van der Waals surface area contributed by atoms with E-state index in [1.807, 2.05) is 13.8 Å². The topological polar surface area (TPSA) is 42.0 Å². The highest BCUT2D eigenvalue weighted by Crippen LogP contribution is 2.29. The number of carbonyl (C=O) groups excluding carboxylic acids is 1. The van der Waals surface area contributed by atoms with Gasteiger partial charge in [0.2, 0.25) is 5.91 Å². The number of aromatic nitrogens is 1. The first-order valence-electron chi connectivity index (χ1n) is 5.84. The first kappa shape index (κ1) is 13.5. The van der Waals surface area contributed by atoms with Gasteiger partial charge in [0.15, 0.2) is 5.13 Å². The van der Waals surface area contributed by atoms with Crippen LogP contribution in [0, 0.1) is 13.8 Å². The smallest absolute Gasteiger partial charge is 0.239 e. The molecule has 0 unspecified atom stereocenters. The van der Waals surface area contributed by atoms with Crippen molar-refractivity contribution < 1.29 is 4.79 Å². The minimum Gasteiger partial charge on any atom is -0.301 e. The molecule has 5 heteroatoms. The Bertz CT molecular complexity index is 594. The van der Waals surface area contributed by atoms with E-state index in [0.717, 1.165) is 22.2 Å². The van der Waals surface area contributed by atoms with Crippen LogP contribution in [0.5, 0.6) is 0 Å². The Labute approximate surface area is 119 Å². The molecule has 1 amide bonds. The number of nitrogens with one attached hydrogen (secondary N) is 1. The Kier molecular flexibility index (Phi) is 4.02. The van der Waals surface area contributed by atoms with Crippen molar-refractivity contribution in [3.63, 3.8) is 0 Å². The van der Waals surface area contributed by atoms with Gasteiger partial charge in [-0.05, 0) is 37.5 Å². The number of thiazole rings is 1. The third-order valence-corrected chi connectivity index (χ3v) is 4.68. The van der Waals surface area contributed by atoms with Crippen molar-refractivity contribution in [1.29, 1.82) is 0 Å². The van der Waals surface area contributed by atoms with E-state index >= 15 is 0 Å². The number of hydrogen-bond donors (Lipinski definition) is 1. The van der Waals surface area contributed by atoms with Crippen molar-refractivity contribution >= 4 is 48.5 Å². The number of rotatable bonds is 3. The largest absolute Gasteiger partial charge is 0.301 e. The van der Waals surface area contributed by atoms with E-state index in [0.29, 0.717) is 5.13 Å². The number of carbonyl (C=O) groups is 1. The number of halogens is 1. The van der Waals surface area contributed by atoms with Crippen LogP contribution >= 0.6 is 27.3 Å². The molecule has 96 valence electrons. The highest BCUT2D eigenvalue weighted by molar-refractivity contribution is 9.10. The number of alkyl halides is 1. The van der Waals surface area contributed by atoms with Gasteiger partial charge < -0.3 is 5.32 Å². The van der Waals surface area contributed by atoms with Crippen molar-refractivity contribution in [1.82, 2.24) is 4.98 Å². The number of nitrogens with zero attached hydrogens (tertiary/aromatic N) is 1. The molecule has 18 heavy (non-hydrogen) atoms. The SMILES string of the molecule is CC[C@H](Br)C(=O)Nc1nc2c(C)cc(C)cc2s1. The number of amides is 1. The Morgan fingerprint density at radius 2 is 2.22 bits per heavy atom. The number of aryl methyl sites for hydroxylation is 2. The maximum absolute atomic E-state index is 11.8. The molecule has 1 atom stereocenters. The van der Waals surface area contributed by atoms with Crippen LogP contribution in [0.25, 0.3) is 10.2 Å². The highest BCUT2D eigenvalue weighted by Gasteiger charge is 2.15. The predicted molar refractivity (Wildman–Crippen MR) is 80.7 cm³/mol. The lowest BCUT2D eigenvalue weighted by atomic mass is 10.1. The highest BCUT2D eigenvalue weighted by atomic mass is 79.9. The van der Waals surface area contributed by atoms with Gasteiger partial charge in [-0.15, -0.1) is 0 Å². The molecule has 0 aliphatic carbocycles. The Morgan fingerprint density at radius 3 is 2.89 bits per heavy atom. The van der Waals surface area contributed by atoms with E-state index in [4.69, 9.17) is 0 Å². The quantitative estimate of drug-likeness (QED) is 0.865. The second kappa shape index (κ2) is 5.36. The van der Waals surface area contributed by atoms with Crippen LogP contribution < -0.4 is 5.32 Å². The molecule has 2 aromatic rings. The maximum Gasteiger partial charge on any atom is 0.239 e. The third kappa shape index (κ3) is 2.72. The van der Waals surface area contributed by atoms with Crippen molar-refractivity contribution in [2.45, 2.75) is 32.0 Å². The summed E-state index contributed by atoms with van der Waals surface area (Å²) in [7, 11) is 0. The van der Waals surface area contributed by atoms with Crippen LogP contribution in [-0.2, 0) is 4.79 Å². The summed E-state index contributed by atoms with van der Waals surface area (Å²) >= 11 is 4.85.